The van der Waals surface area contributed by atoms with Crippen LogP contribution in [0.5, 0.6) is 0 Å². The maximum absolute atomic E-state index is 13.7. The van der Waals surface area contributed by atoms with Gasteiger partial charge in [0.15, 0.2) is 5.41 Å². The molecular weight excluding hydrogens is 478 g/mol. The van der Waals surface area contributed by atoms with Crippen molar-refractivity contribution in [2.75, 3.05) is 20.3 Å². The molecule has 0 saturated heterocycles. The molecule has 0 aromatic heterocycles. The summed E-state index contributed by atoms with van der Waals surface area (Å²) in [4.78, 5) is 52.2. The molecule has 2 rings (SSSR count). The lowest BCUT2D eigenvalue weighted by molar-refractivity contribution is -0.174. The van der Waals surface area contributed by atoms with Gasteiger partial charge in [-0.1, -0.05) is 48.5 Å². The molecule has 1 N–H and O–H groups in total. The van der Waals surface area contributed by atoms with Crippen LogP contribution in [0.1, 0.15) is 52.6 Å². The highest BCUT2D eigenvalue weighted by Gasteiger charge is 2.56. The minimum atomic E-state index is -2.10. The lowest BCUT2D eigenvalue weighted by Crippen LogP contribution is -2.53. The van der Waals surface area contributed by atoms with Gasteiger partial charge in [0, 0.05) is 6.08 Å². The number of allylic oxidation sites excluding steroid dienone is 1. The molecule has 9 heteroatoms. The number of rotatable bonds is 10. The number of fused-ring (bicyclic) bond motifs is 1. The monoisotopic (exact) mass is 513 g/mol. The number of alkyl carbamates (subject to hydrolysis) is 1. The summed E-state index contributed by atoms with van der Waals surface area (Å²) in [5.74, 6) is -2.52. The van der Waals surface area contributed by atoms with Crippen molar-refractivity contribution in [2.45, 2.75) is 52.7 Å². The van der Waals surface area contributed by atoms with Gasteiger partial charge in [-0.15, -0.1) is 0 Å². The lowest BCUT2D eigenvalue weighted by Gasteiger charge is -2.37. The van der Waals surface area contributed by atoms with Crippen molar-refractivity contribution in [3.63, 3.8) is 0 Å². The highest BCUT2D eigenvalue weighted by atomic mass is 16.6. The zero-order valence-electron chi connectivity index (χ0n) is 22.2. The Labute approximate surface area is 217 Å². The fraction of sp³-hybridized carbons (Fsp3) is 0.429. The largest absolute Gasteiger partial charge is 0.466 e. The first-order valence-electron chi connectivity index (χ1n) is 12.1. The molecule has 1 atom stereocenters. The molecule has 0 unspecified atom stereocenters. The number of ether oxygens (including phenoxy) is 4. The molecule has 0 aliphatic heterocycles. The number of benzene rings is 2. The Balaban J connectivity index is 2.86. The summed E-state index contributed by atoms with van der Waals surface area (Å²) in [6.45, 7) is 8.23. The van der Waals surface area contributed by atoms with Gasteiger partial charge >= 0.3 is 24.0 Å². The van der Waals surface area contributed by atoms with E-state index in [-0.39, 0.29) is 19.6 Å². The van der Waals surface area contributed by atoms with Crippen molar-refractivity contribution in [3.8, 4) is 0 Å². The van der Waals surface area contributed by atoms with Crippen LogP contribution in [-0.2, 0) is 33.3 Å². The van der Waals surface area contributed by atoms with Crippen LogP contribution < -0.4 is 5.32 Å². The predicted molar refractivity (Wildman–Crippen MR) is 138 cm³/mol. The molecule has 0 aliphatic rings. The maximum Gasteiger partial charge on any atom is 0.408 e. The Kier molecular flexibility index (Phi) is 10.2. The van der Waals surface area contributed by atoms with E-state index < -0.39 is 41.1 Å². The van der Waals surface area contributed by atoms with Gasteiger partial charge in [0.05, 0.1) is 26.4 Å². The topological polar surface area (TPSA) is 117 Å². The van der Waals surface area contributed by atoms with Crippen LogP contribution in [0.2, 0.25) is 0 Å². The molecule has 0 bridgehead atoms. The predicted octanol–water partition coefficient (Wildman–Crippen LogP) is 4.64. The van der Waals surface area contributed by atoms with E-state index in [1.54, 1.807) is 46.8 Å². The summed E-state index contributed by atoms with van der Waals surface area (Å²) in [5.41, 5.74) is -2.48. The molecule has 0 heterocycles. The van der Waals surface area contributed by atoms with Gasteiger partial charge in [-0.2, -0.15) is 0 Å². The van der Waals surface area contributed by atoms with Gasteiger partial charge in [-0.3, -0.25) is 9.59 Å². The Hall–Kier alpha value is -3.88. The van der Waals surface area contributed by atoms with Crippen LogP contribution in [0, 0.1) is 5.41 Å². The molecule has 9 nitrogen and oxygen atoms in total. The smallest absolute Gasteiger partial charge is 0.408 e. The lowest BCUT2D eigenvalue weighted by atomic mass is 9.73. The van der Waals surface area contributed by atoms with Gasteiger partial charge in [0.25, 0.3) is 0 Å². The third-order valence-electron chi connectivity index (χ3n) is 5.46. The first-order valence-corrected chi connectivity index (χ1v) is 12.1. The summed E-state index contributed by atoms with van der Waals surface area (Å²) < 4.78 is 20.9. The number of hydrogen-bond acceptors (Lipinski definition) is 8. The van der Waals surface area contributed by atoms with Crippen molar-refractivity contribution >= 4 is 34.8 Å². The van der Waals surface area contributed by atoms with Crippen LogP contribution in [0.3, 0.4) is 0 Å². The van der Waals surface area contributed by atoms with Crippen molar-refractivity contribution in [2.24, 2.45) is 5.41 Å². The zero-order chi connectivity index (χ0) is 27.6. The fourth-order valence-electron chi connectivity index (χ4n) is 3.93. The molecule has 200 valence electrons. The number of esters is 3. The molecule has 2 aromatic carbocycles. The van der Waals surface area contributed by atoms with E-state index in [9.17, 15) is 19.2 Å². The van der Waals surface area contributed by atoms with E-state index in [0.29, 0.717) is 10.9 Å². The SMILES string of the molecule is CCOC(=O)C(C/C=C/C(=O)OC)(C(=O)OCC)[C@H](NC(=O)OC(C)(C)C)c1cccc2ccccc12. The minimum absolute atomic E-state index is 0.0323. The molecule has 37 heavy (non-hydrogen) atoms. The molecule has 0 aliphatic carbocycles. The summed E-state index contributed by atoms with van der Waals surface area (Å²) in [6.07, 6.45) is 1.25. The number of hydrogen-bond donors (Lipinski definition) is 1. The third kappa shape index (κ3) is 7.31. The fourth-order valence-corrected chi connectivity index (χ4v) is 3.93. The molecule has 1 amide bonds. The van der Waals surface area contributed by atoms with E-state index in [1.807, 2.05) is 30.3 Å². The van der Waals surface area contributed by atoms with E-state index in [1.165, 1.54) is 13.2 Å². The van der Waals surface area contributed by atoms with E-state index in [0.717, 1.165) is 11.5 Å². The Morgan fingerprint density at radius 3 is 2.08 bits per heavy atom. The average molecular weight is 514 g/mol. The second-order valence-corrected chi connectivity index (χ2v) is 9.19. The van der Waals surface area contributed by atoms with Crippen LogP contribution in [0.4, 0.5) is 4.79 Å². The number of carbonyl (C=O) groups excluding carboxylic acids is 4. The second-order valence-electron chi connectivity index (χ2n) is 9.19. The quantitative estimate of drug-likeness (QED) is 0.211. The Morgan fingerprint density at radius 2 is 1.51 bits per heavy atom. The Bertz CT molecular complexity index is 1130. The molecule has 0 fully saturated rings. The van der Waals surface area contributed by atoms with E-state index >= 15 is 0 Å². The summed E-state index contributed by atoms with van der Waals surface area (Å²) in [5, 5.41) is 4.26. The first kappa shape index (κ1) is 29.4. The van der Waals surface area contributed by atoms with Crippen LogP contribution in [0.15, 0.2) is 54.6 Å². The number of carbonyl (C=O) groups is 4. The standard InChI is InChI=1S/C28H35NO8/c1-7-35-24(31)28(25(32)36-8-2,18-12-17-22(30)34-6)23(29-26(33)37-27(3,4)5)21-16-11-14-19-13-9-10-15-20(19)21/h9-17,23H,7-8,18H2,1-6H3,(H,29,33)/b17-12+/t23-/m1/s1. The second kappa shape index (κ2) is 12.9. The number of methoxy groups -OCH3 is 1. The number of amides is 1. The van der Waals surface area contributed by atoms with Crippen molar-refractivity contribution in [3.05, 3.63) is 60.2 Å². The van der Waals surface area contributed by atoms with Gasteiger partial charge in [-0.25, -0.2) is 9.59 Å². The molecule has 0 radical (unpaired) electrons. The summed E-state index contributed by atoms with van der Waals surface area (Å²) >= 11 is 0. The van der Waals surface area contributed by atoms with Gasteiger partial charge in [-0.05, 0) is 57.4 Å². The number of nitrogens with one attached hydrogen (secondary N) is 1. The molecule has 2 aromatic rings. The summed E-state index contributed by atoms with van der Waals surface area (Å²) in [6, 6.07) is 11.4. The highest BCUT2D eigenvalue weighted by Crippen LogP contribution is 2.43. The van der Waals surface area contributed by atoms with Crippen molar-refractivity contribution in [1.82, 2.24) is 5.32 Å². The Morgan fingerprint density at radius 1 is 0.919 bits per heavy atom. The zero-order valence-corrected chi connectivity index (χ0v) is 22.2. The van der Waals surface area contributed by atoms with Crippen molar-refractivity contribution < 1.29 is 38.1 Å². The average Bonchev–Trinajstić information content (AvgIpc) is 2.84. The highest BCUT2D eigenvalue weighted by molar-refractivity contribution is 6.03. The van der Waals surface area contributed by atoms with Crippen molar-refractivity contribution in [1.29, 1.82) is 0 Å². The van der Waals surface area contributed by atoms with E-state index in [4.69, 9.17) is 14.2 Å². The molecule has 0 spiro atoms. The summed E-state index contributed by atoms with van der Waals surface area (Å²) in [7, 11) is 1.21. The van der Waals surface area contributed by atoms with Crippen LogP contribution in [0.25, 0.3) is 10.8 Å². The van der Waals surface area contributed by atoms with Gasteiger partial charge in [0.2, 0.25) is 0 Å². The normalized spacial score (nSPS) is 12.6. The van der Waals surface area contributed by atoms with Crippen LogP contribution >= 0.6 is 0 Å². The molecule has 0 saturated carbocycles. The third-order valence-corrected chi connectivity index (χ3v) is 5.46. The van der Waals surface area contributed by atoms with Gasteiger partial charge < -0.3 is 24.3 Å². The minimum Gasteiger partial charge on any atom is -0.466 e. The van der Waals surface area contributed by atoms with Gasteiger partial charge in [0.1, 0.15) is 5.60 Å². The van der Waals surface area contributed by atoms with Crippen LogP contribution in [-0.4, -0.2) is 49.9 Å². The van der Waals surface area contributed by atoms with E-state index in [2.05, 4.69) is 10.1 Å². The molecular formula is C28H35NO8. The first-order chi connectivity index (χ1) is 17.5. The maximum atomic E-state index is 13.7.